The largest absolute Gasteiger partial charge is 0.481 e. The SMILES string of the molecule is CCCCCCCCCCCCCC(OCc1ccccc1)C(CCC(=O)O)OC(C)=O. The number of hydrogen-bond acceptors (Lipinski definition) is 4. The van der Waals surface area contributed by atoms with Gasteiger partial charge in [-0.1, -0.05) is 108 Å². The molecule has 0 heterocycles. The van der Waals surface area contributed by atoms with E-state index in [1.54, 1.807) is 0 Å². The van der Waals surface area contributed by atoms with Crippen molar-refractivity contribution in [3.05, 3.63) is 35.9 Å². The molecule has 0 aliphatic heterocycles. The molecule has 0 amide bonds. The molecule has 5 nitrogen and oxygen atoms in total. The van der Waals surface area contributed by atoms with Gasteiger partial charge < -0.3 is 14.6 Å². The Kier molecular flexibility index (Phi) is 16.4. The van der Waals surface area contributed by atoms with Gasteiger partial charge in [0.2, 0.25) is 0 Å². The lowest BCUT2D eigenvalue weighted by Crippen LogP contribution is -2.33. The number of carboxylic acids is 1. The van der Waals surface area contributed by atoms with Gasteiger partial charge >= 0.3 is 11.9 Å². The topological polar surface area (TPSA) is 72.8 Å². The van der Waals surface area contributed by atoms with Crippen LogP contribution in [-0.2, 0) is 25.7 Å². The fourth-order valence-electron chi connectivity index (χ4n) is 3.96. The second kappa shape index (κ2) is 18.7. The van der Waals surface area contributed by atoms with Gasteiger partial charge in [-0.3, -0.25) is 9.59 Å². The van der Waals surface area contributed by atoms with E-state index in [0.29, 0.717) is 6.61 Å². The Morgan fingerprint density at radius 3 is 1.91 bits per heavy atom. The van der Waals surface area contributed by atoms with Gasteiger partial charge in [0.15, 0.2) is 0 Å². The minimum absolute atomic E-state index is 0.0403. The summed E-state index contributed by atoms with van der Waals surface area (Å²) in [7, 11) is 0. The maximum Gasteiger partial charge on any atom is 0.303 e. The number of carboxylic acid groups (broad SMARTS) is 1. The summed E-state index contributed by atoms with van der Waals surface area (Å²) < 4.78 is 11.6. The number of esters is 1. The predicted molar refractivity (Wildman–Crippen MR) is 129 cm³/mol. The molecule has 0 aliphatic carbocycles. The van der Waals surface area contributed by atoms with Gasteiger partial charge in [-0.15, -0.1) is 0 Å². The third-order valence-corrected chi connectivity index (χ3v) is 5.77. The summed E-state index contributed by atoms with van der Waals surface area (Å²) in [5.74, 6) is -1.29. The summed E-state index contributed by atoms with van der Waals surface area (Å²) in [5, 5.41) is 9.08. The van der Waals surface area contributed by atoms with Crippen LogP contribution in [0.25, 0.3) is 0 Å². The highest BCUT2D eigenvalue weighted by atomic mass is 16.6. The molecule has 1 aromatic rings. The normalized spacial score (nSPS) is 12.9. The van der Waals surface area contributed by atoms with Gasteiger partial charge in [-0.05, 0) is 18.4 Å². The number of unbranched alkanes of at least 4 members (excludes halogenated alkanes) is 10. The summed E-state index contributed by atoms with van der Waals surface area (Å²) >= 11 is 0. The van der Waals surface area contributed by atoms with Gasteiger partial charge in [-0.25, -0.2) is 0 Å². The minimum Gasteiger partial charge on any atom is -0.481 e. The lowest BCUT2D eigenvalue weighted by molar-refractivity contribution is -0.159. The van der Waals surface area contributed by atoms with E-state index in [9.17, 15) is 9.59 Å². The third-order valence-electron chi connectivity index (χ3n) is 5.77. The van der Waals surface area contributed by atoms with E-state index in [-0.39, 0.29) is 18.9 Å². The van der Waals surface area contributed by atoms with Crippen LogP contribution in [0.2, 0.25) is 0 Å². The number of carbonyl (C=O) groups is 2. The summed E-state index contributed by atoms with van der Waals surface area (Å²) in [4.78, 5) is 22.7. The lowest BCUT2D eigenvalue weighted by Gasteiger charge is -2.27. The maximum absolute atomic E-state index is 11.6. The molecular weight excluding hydrogens is 404 g/mol. The van der Waals surface area contributed by atoms with Crippen molar-refractivity contribution in [1.29, 1.82) is 0 Å². The van der Waals surface area contributed by atoms with Crippen LogP contribution in [0.4, 0.5) is 0 Å². The molecule has 0 aliphatic rings. The van der Waals surface area contributed by atoms with Crippen LogP contribution in [0.1, 0.15) is 109 Å². The Hall–Kier alpha value is -1.88. The zero-order valence-corrected chi connectivity index (χ0v) is 20.2. The minimum atomic E-state index is -0.890. The quantitative estimate of drug-likeness (QED) is 0.171. The summed E-state index contributed by atoms with van der Waals surface area (Å²) in [6.07, 6.45) is 14.1. The Morgan fingerprint density at radius 1 is 0.812 bits per heavy atom. The molecule has 0 saturated carbocycles. The Morgan fingerprint density at radius 2 is 1.38 bits per heavy atom. The van der Waals surface area contributed by atoms with Crippen molar-refractivity contribution in [1.82, 2.24) is 0 Å². The van der Waals surface area contributed by atoms with Gasteiger partial charge in [0.05, 0.1) is 12.7 Å². The van der Waals surface area contributed by atoms with Gasteiger partial charge in [0.25, 0.3) is 0 Å². The van der Waals surface area contributed by atoms with Crippen LogP contribution >= 0.6 is 0 Å². The number of carbonyl (C=O) groups excluding carboxylic acids is 1. The summed E-state index contributed by atoms with van der Waals surface area (Å²) in [6.45, 7) is 4.04. The average Bonchev–Trinajstić information content (AvgIpc) is 2.77. The maximum atomic E-state index is 11.6. The Bertz CT molecular complexity index is 601. The van der Waals surface area contributed by atoms with Crippen molar-refractivity contribution in [2.75, 3.05) is 0 Å². The molecule has 0 bridgehead atoms. The molecule has 182 valence electrons. The van der Waals surface area contributed by atoms with E-state index in [1.807, 2.05) is 30.3 Å². The monoisotopic (exact) mass is 448 g/mol. The van der Waals surface area contributed by atoms with Crippen LogP contribution in [-0.4, -0.2) is 29.3 Å². The van der Waals surface area contributed by atoms with Gasteiger partial charge in [-0.2, -0.15) is 0 Å². The molecule has 32 heavy (non-hydrogen) atoms. The highest BCUT2D eigenvalue weighted by molar-refractivity contribution is 5.67. The summed E-state index contributed by atoms with van der Waals surface area (Å²) in [5.41, 5.74) is 1.05. The van der Waals surface area contributed by atoms with Crippen LogP contribution in [0.3, 0.4) is 0 Å². The number of rotatable bonds is 20. The molecule has 1 aromatic carbocycles. The highest BCUT2D eigenvalue weighted by Crippen LogP contribution is 2.20. The van der Waals surface area contributed by atoms with Crippen LogP contribution in [0.5, 0.6) is 0 Å². The average molecular weight is 449 g/mol. The van der Waals surface area contributed by atoms with E-state index < -0.39 is 18.0 Å². The molecule has 0 fully saturated rings. The number of aliphatic carboxylic acids is 1. The van der Waals surface area contributed by atoms with E-state index in [1.165, 1.54) is 64.7 Å². The van der Waals surface area contributed by atoms with Crippen molar-refractivity contribution < 1.29 is 24.2 Å². The first-order chi connectivity index (χ1) is 15.5. The van der Waals surface area contributed by atoms with Gasteiger partial charge in [0, 0.05) is 13.3 Å². The fourth-order valence-corrected chi connectivity index (χ4v) is 3.96. The number of ether oxygens (including phenoxy) is 2. The van der Waals surface area contributed by atoms with Crippen molar-refractivity contribution in [3.8, 4) is 0 Å². The molecule has 0 saturated heterocycles. The molecular formula is C27H44O5. The van der Waals surface area contributed by atoms with Crippen LogP contribution < -0.4 is 0 Å². The lowest BCUT2D eigenvalue weighted by atomic mass is 10.00. The smallest absolute Gasteiger partial charge is 0.303 e. The van der Waals surface area contributed by atoms with Crippen LogP contribution in [0, 0.1) is 0 Å². The van der Waals surface area contributed by atoms with Crippen LogP contribution in [0.15, 0.2) is 30.3 Å². The molecule has 0 spiro atoms. The fraction of sp³-hybridized carbons (Fsp3) is 0.704. The Balaban J connectivity index is 2.43. The van der Waals surface area contributed by atoms with E-state index in [4.69, 9.17) is 14.6 Å². The second-order valence-electron chi connectivity index (χ2n) is 8.74. The zero-order valence-electron chi connectivity index (χ0n) is 20.2. The van der Waals surface area contributed by atoms with Crippen molar-refractivity contribution in [2.24, 2.45) is 0 Å². The number of hydrogen-bond donors (Lipinski definition) is 1. The summed E-state index contributed by atoms with van der Waals surface area (Å²) in [6, 6.07) is 9.88. The standard InChI is InChI=1S/C27H44O5/c1-3-4-5-6-7-8-9-10-11-12-16-19-25(31-22-24-17-14-13-15-18-24)26(32-23(2)28)20-21-27(29)30/h13-15,17-18,25-26H,3-12,16,19-22H2,1-2H3,(H,29,30). The Labute approximate surface area is 194 Å². The first-order valence-corrected chi connectivity index (χ1v) is 12.6. The first kappa shape index (κ1) is 28.2. The van der Waals surface area contributed by atoms with E-state index >= 15 is 0 Å². The highest BCUT2D eigenvalue weighted by Gasteiger charge is 2.25. The van der Waals surface area contributed by atoms with Crippen molar-refractivity contribution in [2.45, 2.75) is 123 Å². The molecule has 0 radical (unpaired) electrons. The molecule has 1 N–H and O–H groups in total. The molecule has 2 atom stereocenters. The van der Waals surface area contributed by atoms with Gasteiger partial charge in [0.1, 0.15) is 6.10 Å². The first-order valence-electron chi connectivity index (χ1n) is 12.6. The van der Waals surface area contributed by atoms with Crippen molar-refractivity contribution >= 4 is 11.9 Å². The molecule has 0 aromatic heterocycles. The molecule has 2 unspecified atom stereocenters. The molecule has 5 heteroatoms. The third kappa shape index (κ3) is 15.0. The number of benzene rings is 1. The molecule has 1 rings (SSSR count). The second-order valence-corrected chi connectivity index (χ2v) is 8.74. The van der Waals surface area contributed by atoms with E-state index in [2.05, 4.69) is 6.92 Å². The predicted octanol–water partition coefficient (Wildman–Crippen LogP) is 7.07. The zero-order chi connectivity index (χ0) is 23.4. The van der Waals surface area contributed by atoms with E-state index in [0.717, 1.165) is 24.8 Å². The van der Waals surface area contributed by atoms with Crippen molar-refractivity contribution in [3.63, 3.8) is 0 Å².